The summed E-state index contributed by atoms with van der Waals surface area (Å²) < 4.78 is 1.04. The first kappa shape index (κ1) is 18.4. The van der Waals surface area contributed by atoms with E-state index in [1.165, 1.54) is 0 Å². The standard InChI is InChI=1S/C20H26BrN3O/c1-15(2)18(14-22)23-10-12-24(13-11-23)19(25)20(8-3-9-20)16-4-6-17(21)7-5-16/h4-7,15,18H,3,8-13H2,1-2H3. The quantitative estimate of drug-likeness (QED) is 0.771. The van der Waals surface area contributed by atoms with Crippen molar-refractivity contribution >= 4 is 21.8 Å². The molecule has 1 aromatic rings. The largest absolute Gasteiger partial charge is 0.339 e. The van der Waals surface area contributed by atoms with Crippen molar-refractivity contribution in [1.29, 1.82) is 5.26 Å². The van der Waals surface area contributed by atoms with E-state index < -0.39 is 0 Å². The van der Waals surface area contributed by atoms with Crippen LogP contribution in [0, 0.1) is 17.2 Å². The number of halogens is 1. The predicted octanol–water partition coefficient (Wildman–Crippen LogP) is 3.56. The summed E-state index contributed by atoms with van der Waals surface area (Å²) in [5, 5.41) is 9.40. The maximum absolute atomic E-state index is 13.3. The highest BCUT2D eigenvalue weighted by Gasteiger charge is 2.48. The van der Waals surface area contributed by atoms with Crippen LogP contribution in [0.2, 0.25) is 0 Å². The smallest absolute Gasteiger partial charge is 0.233 e. The molecule has 0 bridgehead atoms. The van der Waals surface area contributed by atoms with Crippen molar-refractivity contribution in [3.8, 4) is 6.07 Å². The molecule has 25 heavy (non-hydrogen) atoms. The predicted molar refractivity (Wildman–Crippen MR) is 102 cm³/mol. The molecule has 1 aromatic carbocycles. The first-order valence-corrected chi connectivity index (χ1v) is 9.96. The zero-order valence-electron chi connectivity index (χ0n) is 15.0. The fraction of sp³-hybridized carbons (Fsp3) is 0.600. The minimum atomic E-state index is -0.324. The van der Waals surface area contributed by atoms with Gasteiger partial charge in [0.05, 0.1) is 11.5 Å². The Morgan fingerprint density at radius 1 is 1.16 bits per heavy atom. The lowest BCUT2D eigenvalue weighted by Crippen LogP contribution is -2.58. The summed E-state index contributed by atoms with van der Waals surface area (Å²) in [6, 6.07) is 10.6. The molecule has 5 heteroatoms. The number of piperazine rings is 1. The van der Waals surface area contributed by atoms with E-state index in [0.29, 0.717) is 5.92 Å². The second kappa shape index (κ2) is 7.47. The van der Waals surface area contributed by atoms with Gasteiger partial charge in [0, 0.05) is 30.7 Å². The number of hydrogen-bond acceptors (Lipinski definition) is 3. The number of carbonyl (C=O) groups is 1. The molecule has 1 aliphatic heterocycles. The minimum Gasteiger partial charge on any atom is -0.339 e. The molecule has 1 atom stereocenters. The Morgan fingerprint density at radius 2 is 1.76 bits per heavy atom. The highest BCUT2D eigenvalue weighted by Crippen LogP contribution is 2.45. The van der Waals surface area contributed by atoms with Crippen LogP contribution in [-0.4, -0.2) is 47.9 Å². The van der Waals surface area contributed by atoms with Gasteiger partial charge in [0.1, 0.15) is 6.04 Å². The van der Waals surface area contributed by atoms with Crippen LogP contribution in [0.25, 0.3) is 0 Å². The Balaban J connectivity index is 1.69. The summed E-state index contributed by atoms with van der Waals surface area (Å²) in [5.41, 5.74) is 0.821. The van der Waals surface area contributed by atoms with Crippen LogP contribution < -0.4 is 0 Å². The second-order valence-corrected chi connectivity index (χ2v) is 8.50. The molecule has 1 amide bonds. The maximum Gasteiger partial charge on any atom is 0.233 e. The zero-order valence-corrected chi connectivity index (χ0v) is 16.6. The Hall–Kier alpha value is -1.38. The van der Waals surface area contributed by atoms with Gasteiger partial charge in [-0.1, -0.05) is 48.3 Å². The van der Waals surface area contributed by atoms with Gasteiger partial charge in [0.2, 0.25) is 5.91 Å². The Morgan fingerprint density at radius 3 is 2.20 bits per heavy atom. The van der Waals surface area contributed by atoms with E-state index in [4.69, 9.17) is 0 Å². The molecule has 134 valence electrons. The lowest BCUT2D eigenvalue weighted by Gasteiger charge is -2.46. The summed E-state index contributed by atoms with van der Waals surface area (Å²) in [4.78, 5) is 17.5. The van der Waals surface area contributed by atoms with Gasteiger partial charge in [-0.05, 0) is 36.5 Å². The van der Waals surface area contributed by atoms with Crippen LogP contribution in [0.1, 0.15) is 38.7 Å². The van der Waals surface area contributed by atoms with E-state index in [2.05, 4.69) is 52.9 Å². The monoisotopic (exact) mass is 403 g/mol. The van der Waals surface area contributed by atoms with E-state index in [1.54, 1.807) is 0 Å². The lowest BCUT2D eigenvalue weighted by molar-refractivity contribution is -0.143. The third-order valence-electron chi connectivity index (χ3n) is 5.77. The van der Waals surface area contributed by atoms with Crippen LogP contribution in [-0.2, 0) is 10.2 Å². The van der Waals surface area contributed by atoms with E-state index in [0.717, 1.165) is 55.5 Å². The number of nitriles is 1. The topological polar surface area (TPSA) is 47.3 Å². The molecule has 0 aromatic heterocycles. The molecule has 1 saturated heterocycles. The highest BCUT2D eigenvalue weighted by atomic mass is 79.9. The normalized spacial score (nSPS) is 21.5. The van der Waals surface area contributed by atoms with Crippen molar-refractivity contribution in [3.63, 3.8) is 0 Å². The second-order valence-electron chi connectivity index (χ2n) is 7.59. The van der Waals surface area contributed by atoms with Crippen molar-refractivity contribution in [2.24, 2.45) is 5.92 Å². The average molecular weight is 404 g/mol. The van der Waals surface area contributed by atoms with Crippen LogP contribution in [0.4, 0.5) is 0 Å². The summed E-state index contributed by atoms with van der Waals surface area (Å²) >= 11 is 3.48. The molecule has 1 heterocycles. The minimum absolute atomic E-state index is 0.0543. The number of hydrogen-bond donors (Lipinski definition) is 0. The van der Waals surface area contributed by atoms with Crippen molar-refractivity contribution in [3.05, 3.63) is 34.3 Å². The van der Waals surface area contributed by atoms with E-state index in [9.17, 15) is 10.1 Å². The van der Waals surface area contributed by atoms with E-state index in [1.807, 2.05) is 17.0 Å². The Kier molecular flexibility index (Phi) is 5.50. The van der Waals surface area contributed by atoms with Gasteiger partial charge in [-0.3, -0.25) is 9.69 Å². The first-order chi connectivity index (χ1) is 12.0. The van der Waals surface area contributed by atoms with E-state index >= 15 is 0 Å². The summed E-state index contributed by atoms with van der Waals surface area (Å²) in [7, 11) is 0. The van der Waals surface area contributed by atoms with Gasteiger partial charge < -0.3 is 4.90 Å². The number of carbonyl (C=O) groups excluding carboxylic acids is 1. The summed E-state index contributed by atoms with van der Waals surface area (Å²) in [5.74, 6) is 0.590. The molecule has 1 unspecified atom stereocenters. The average Bonchev–Trinajstić information content (AvgIpc) is 2.56. The summed E-state index contributed by atoms with van der Waals surface area (Å²) in [6.07, 6.45) is 3.01. The fourth-order valence-electron chi connectivity index (χ4n) is 4.08. The van der Waals surface area contributed by atoms with Crippen molar-refractivity contribution in [2.75, 3.05) is 26.2 Å². The van der Waals surface area contributed by atoms with Crippen LogP contribution in [0.3, 0.4) is 0 Å². The molecule has 0 N–H and O–H groups in total. The molecule has 0 spiro atoms. The Bertz CT molecular complexity index is 653. The highest BCUT2D eigenvalue weighted by molar-refractivity contribution is 9.10. The van der Waals surface area contributed by atoms with Gasteiger partial charge >= 0.3 is 0 Å². The molecule has 2 fully saturated rings. The summed E-state index contributed by atoms with van der Waals surface area (Å²) in [6.45, 7) is 7.20. The van der Waals surface area contributed by atoms with Gasteiger partial charge in [-0.2, -0.15) is 5.26 Å². The third kappa shape index (κ3) is 3.47. The van der Waals surface area contributed by atoms with E-state index in [-0.39, 0.29) is 17.4 Å². The number of amides is 1. The van der Waals surface area contributed by atoms with Crippen LogP contribution in [0.15, 0.2) is 28.7 Å². The molecule has 1 saturated carbocycles. The van der Waals surface area contributed by atoms with Crippen LogP contribution in [0.5, 0.6) is 0 Å². The van der Waals surface area contributed by atoms with Gasteiger partial charge in [0.25, 0.3) is 0 Å². The van der Waals surface area contributed by atoms with Gasteiger partial charge in [0.15, 0.2) is 0 Å². The number of nitrogens with zero attached hydrogens (tertiary/aromatic N) is 3. The molecular weight excluding hydrogens is 378 g/mol. The molecule has 3 rings (SSSR count). The molecule has 1 aliphatic carbocycles. The van der Waals surface area contributed by atoms with Crippen LogP contribution >= 0.6 is 15.9 Å². The third-order valence-corrected chi connectivity index (χ3v) is 6.30. The molecule has 4 nitrogen and oxygen atoms in total. The van der Waals surface area contributed by atoms with Gasteiger partial charge in [-0.15, -0.1) is 0 Å². The number of benzene rings is 1. The Labute approximate surface area is 158 Å². The molecule has 0 radical (unpaired) electrons. The molecular formula is C20H26BrN3O. The van der Waals surface area contributed by atoms with Crippen molar-refractivity contribution in [1.82, 2.24) is 9.80 Å². The number of rotatable bonds is 4. The lowest BCUT2D eigenvalue weighted by atomic mass is 9.63. The van der Waals surface area contributed by atoms with Crippen molar-refractivity contribution < 1.29 is 4.79 Å². The maximum atomic E-state index is 13.3. The van der Waals surface area contributed by atoms with Gasteiger partial charge in [-0.25, -0.2) is 0 Å². The van der Waals surface area contributed by atoms with Crippen molar-refractivity contribution in [2.45, 2.75) is 44.6 Å². The fourth-order valence-corrected chi connectivity index (χ4v) is 4.35. The zero-order chi connectivity index (χ0) is 18.0. The first-order valence-electron chi connectivity index (χ1n) is 9.17. The molecule has 2 aliphatic rings. The SMILES string of the molecule is CC(C)C(C#N)N1CCN(C(=O)C2(c3ccc(Br)cc3)CCC2)CC1.